The van der Waals surface area contributed by atoms with Crippen LogP contribution in [0.2, 0.25) is 0 Å². The summed E-state index contributed by atoms with van der Waals surface area (Å²) in [4.78, 5) is 15.6. The highest BCUT2D eigenvalue weighted by atomic mass is 32.2. The van der Waals surface area contributed by atoms with Crippen LogP contribution in [0.3, 0.4) is 0 Å². The molecule has 0 unspecified atom stereocenters. The maximum Gasteiger partial charge on any atom is 0.303 e. The maximum absolute atomic E-state index is 10.8. The van der Waals surface area contributed by atoms with Crippen LogP contribution in [-0.4, -0.2) is 33.5 Å². The second-order valence-electron chi connectivity index (χ2n) is 6.89. The zero-order valence-corrected chi connectivity index (χ0v) is 18.0. The second kappa shape index (κ2) is 8.47. The quantitative estimate of drug-likeness (QED) is 0.295. The number of aromatic nitrogens is 2. The highest BCUT2D eigenvalue weighted by Crippen LogP contribution is 2.33. The van der Waals surface area contributed by atoms with E-state index in [-0.39, 0.29) is 6.42 Å². The molecule has 0 radical (unpaired) electrons. The SMILES string of the molecule is COc1ccc2nc(SCCCC(=O)O)n(Cc3csc4cccc(C)c34)c2c1. The first-order chi connectivity index (χ1) is 14.1. The Kier molecular flexibility index (Phi) is 5.78. The number of methoxy groups -OCH3 is 1. The fourth-order valence-corrected chi connectivity index (χ4v) is 5.47. The number of imidazole rings is 1. The van der Waals surface area contributed by atoms with Gasteiger partial charge in [0.2, 0.25) is 0 Å². The predicted octanol–water partition coefficient (Wildman–Crippen LogP) is 5.57. The Morgan fingerprint density at radius 2 is 2.17 bits per heavy atom. The molecule has 5 nitrogen and oxygen atoms in total. The molecule has 4 aromatic rings. The van der Waals surface area contributed by atoms with Gasteiger partial charge in [0, 0.05) is 28.3 Å². The zero-order chi connectivity index (χ0) is 20.4. The first kappa shape index (κ1) is 19.8. The van der Waals surface area contributed by atoms with Gasteiger partial charge in [0.25, 0.3) is 0 Å². The molecule has 0 bridgehead atoms. The van der Waals surface area contributed by atoms with E-state index in [0.717, 1.165) is 34.2 Å². The Balaban J connectivity index is 1.73. The predicted molar refractivity (Wildman–Crippen MR) is 120 cm³/mol. The van der Waals surface area contributed by atoms with E-state index in [1.807, 2.05) is 18.2 Å². The van der Waals surface area contributed by atoms with Gasteiger partial charge in [-0.2, -0.15) is 0 Å². The van der Waals surface area contributed by atoms with Crippen molar-refractivity contribution in [2.24, 2.45) is 0 Å². The van der Waals surface area contributed by atoms with E-state index < -0.39 is 5.97 Å². The minimum Gasteiger partial charge on any atom is -0.497 e. The number of hydrogen-bond donors (Lipinski definition) is 1. The fraction of sp³-hybridized carbons (Fsp3) is 0.273. The highest BCUT2D eigenvalue weighted by Gasteiger charge is 2.15. The number of rotatable bonds is 8. The molecular formula is C22H22N2O3S2. The minimum atomic E-state index is -0.760. The molecular weight excluding hydrogens is 404 g/mol. The third kappa shape index (κ3) is 4.11. The van der Waals surface area contributed by atoms with Crippen LogP contribution in [0.5, 0.6) is 5.75 Å². The van der Waals surface area contributed by atoms with Crippen LogP contribution in [0.25, 0.3) is 21.1 Å². The zero-order valence-electron chi connectivity index (χ0n) is 16.3. The van der Waals surface area contributed by atoms with Crippen LogP contribution < -0.4 is 4.74 Å². The number of hydrogen-bond acceptors (Lipinski definition) is 5. The number of ether oxygens (including phenoxy) is 1. The number of carboxylic acids is 1. The van der Waals surface area contributed by atoms with E-state index in [2.05, 4.69) is 35.1 Å². The standard InChI is InChI=1S/C22H22N2O3S2/c1-14-5-3-6-19-21(14)15(13-29-19)12-24-18-11-16(27-2)8-9-17(18)23-22(24)28-10-4-7-20(25)26/h3,5-6,8-9,11,13H,4,7,10,12H2,1-2H3,(H,25,26). The number of carbonyl (C=O) groups is 1. The van der Waals surface area contributed by atoms with E-state index in [9.17, 15) is 4.79 Å². The monoisotopic (exact) mass is 426 g/mol. The molecule has 29 heavy (non-hydrogen) atoms. The van der Waals surface area contributed by atoms with Crippen molar-refractivity contribution in [3.05, 3.63) is 52.9 Å². The Labute approximate surface area is 177 Å². The molecule has 1 N–H and O–H groups in total. The third-order valence-corrected chi connectivity index (χ3v) is 6.96. The number of thiophene rings is 1. The van der Waals surface area contributed by atoms with Crippen molar-refractivity contribution in [3.63, 3.8) is 0 Å². The fourth-order valence-electron chi connectivity index (χ4n) is 3.49. The van der Waals surface area contributed by atoms with Crippen molar-refractivity contribution in [3.8, 4) is 5.75 Å². The average Bonchev–Trinajstić information content (AvgIpc) is 3.27. The summed E-state index contributed by atoms with van der Waals surface area (Å²) in [6.45, 7) is 2.87. The molecule has 2 aromatic carbocycles. The molecule has 0 amide bonds. The van der Waals surface area contributed by atoms with Gasteiger partial charge < -0.3 is 14.4 Å². The van der Waals surface area contributed by atoms with Gasteiger partial charge in [0.15, 0.2) is 5.16 Å². The number of fused-ring (bicyclic) bond motifs is 2. The van der Waals surface area contributed by atoms with Gasteiger partial charge in [0.1, 0.15) is 5.75 Å². The summed E-state index contributed by atoms with van der Waals surface area (Å²) < 4.78 is 8.93. The van der Waals surface area contributed by atoms with Crippen molar-refractivity contribution in [2.75, 3.05) is 12.9 Å². The number of thioether (sulfide) groups is 1. The van der Waals surface area contributed by atoms with Crippen LogP contribution in [0.1, 0.15) is 24.0 Å². The van der Waals surface area contributed by atoms with Gasteiger partial charge in [-0.25, -0.2) is 4.98 Å². The summed E-state index contributed by atoms with van der Waals surface area (Å²) in [6, 6.07) is 12.3. The van der Waals surface area contributed by atoms with E-state index in [4.69, 9.17) is 14.8 Å². The van der Waals surface area contributed by atoms with Crippen molar-refractivity contribution in [1.82, 2.24) is 9.55 Å². The molecule has 0 saturated carbocycles. The van der Waals surface area contributed by atoms with Crippen molar-refractivity contribution in [1.29, 1.82) is 0 Å². The Bertz CT molecular complexity index is 1180. The van der Waals surface area contributed by atoms with E-state index >= 15 is 0 Å². The Morgan fingerprint density at radius 3 is 2.97 bits per heavy atom. The molecule has 0 saturated heterocycles. The number of benzene rings is 2. The van der Waals surface area contributed by atoms with Crippen LogP contribution in [0.15, 0.2) is 46.9 Å². The van der Waals surface area contributed by atoms with Crippen molar-refractivity contribution >= 4 is 50.2 Å². The third-order valence-electron chi connectivity index (χ3n) is 4.90. The lowest BCUT2D eigenvalue weighted by Crippen LogP contribution is -2.02. The molecule has 0 spiro atoms. The summed E-state index contributed by atoms with van der Waals surface area (Å²) in [5.74, 6) is 0.757. The summed E-state index contributed by atoms with van der Waals surface area (Å²) in [5, 5.41) is 13.3. The van der Waals surface area contributed by atoms with Crippen LogP contribution in [0.4, 0.5) is 0 Å². The first-order valence-corrected chi connectivity index (χ1v) is 11.3. The molecule has 2 heterocycles. The molecule has 0 atom stereocenters. The second-order valence-corrected chi connectivity index (χ2v) is 8.86. The topological polar surface area (TPSA) is 64.3 Å². The summed E-state index contributed by atoms with van der Waals surface area (Å²) in [5.41, 5.74) is 4.50. The Hall–Kier alpha value is -2.51. The highest BCUT2D eigenvalue weighted by molar-refractivity contribution is 7.99. The number of aryl methyl sites for hydroxylation is 1. The van der Waals surface area contributed by atoms with Gasteiger partial charge >= 0.3 is 5.97 Å². The lowest BCUT2D eigenvalue weighted by Gasteiger charge is -2.10. The van der Waals surface area contributed by atoms with Gasteiger partial charge in [-0.15, -0.1) is 11.3 Å². The molecule has 0 aliphatic rings. The minimum absolute atomic E-state index is 0.176. The average molecular weight is 427 g/mol. The number of aliphatic carboxylic acids is 1. The Morgan fingerprint density at radius 1 is 1.31 bits per heavy atom. The number of nitrogens with zero attached hydrogens (tertiary/aromatic N) is 2. The molecule has 4 rings (SSSR count). The van der Waals surface area contributed by atoms with Crippen molar-refractivity contribution < 1.29 is 14.6 Å². The maximum atomic E-state index is 10.8. The van der Waals surface area contributed by atoms with Crippen LogP contribution in [-0.2, 0) is 11.3 Å². The molecule has 2 aromatic heterocycles. The van der Waals surface area contributed by atoms with E-state index in [1.54, 1.807) is 30.2 Å². The summed E-state index contributed by atoms with van der Waals surface area (Å²) >= 11 is 3.37. The largest absolute Gasteiger partial charge is 0.497 e. The molecule has 7 heteroatoms. The summed E-state index contributed by atoms with van der Waals surface area (Å²) in [6.07, 6.45) is 0.794. The van der Waals surface area contributed by atoms with Gasteiger partial charge in [-0.3, -0.25) is 4.79 Å². The normalized spacial score (nSPS) is 11.4. The molecule has 0 aliphatic heterocycles. The summed E-state index contributed by atoms with van der Waals surface area (Å²) in [7, 11) is 1.67. The van der Waals surface area contributed by atoms with Crippen molar-refractivity contribution in [2.45, 2.75) is 31.5 Å². The molecule has 0 aliphatic carbocycles. The van der Waals surface area contributed by atoms with Gasteiger partial charge in [-0.1, -0.05) is 23.9 Å². The van der Waals surface area contributed by atoms with Gasteiger partial charge in [-0.05, 0) is 48.1 Å². The van der Waals surface area contributed by atoms with E-state index in [1.165, 1.54) is 21.2 Å². The smallest absolute Gasteiger partial charge is 0.303 e. The molecule has 150 valence electrons. The van der Waals surface area contributed by atoms with Crippen LogP contribution >= 0.6 is 23.1 Å². The first-order valence-electron chi connectivity index (χ1n) is 9.41. The molecule has 0 fully saturated rings. The van der Waals surface area contributed by atoms with E-state index in [0.29, 0.717) is 6.42 Å². The number of carboxylic acid groups (broad SMARTS) is 1. The lowest BCUT2D eigenvalue weighted by atomic mass is 10.1. The lowest BCUT2D eigenvalue weighted by molar-refractivity contribution is -0.137. The van der Waals surface area contributed by atoms with Gasteiger partial charge in [0.05, 0.1) is 24.7 Å². The van der Waals surface area contributed by atoms with Crippen LogP contribution in [0, 0.1) is 6.92 Å².